The van der Waals surface area contributed by atoms with Crippen LogP contribution in [0.4, 0.5) is 0 Å². The molecule has 0 fully saturated rings. The molecule has 0 atom stereocenters. The Morgan fingerprint density at radius 3 is 2.29 bits per heavy atom. The zero-order chi connectivity index (χ0) is 10.6. The van der Waals surface area contributed by atoms with Gasteiger partial charge in [-0.25, -0.2) is 0 Å². The second-order valence-corrected chi connectivity index (χ2v) is 2.98. The molecule has 0 aliphatic rings. The molecular weight excluding hydrogens is 178 g/mol. The maximum absolute atomic E-state index is 11.7. The van der Waals surface area contributed by atoms with Crippen molar-refractivity contribution in [3.8, 4) is 0 Å². The van der Waals surface area contributed by atoms with Crippen LogP contribution < -0.4 is 0 Å². The summed E-state index contributed by atoms with van der Waals surface area (Å²) in [4.78, 5) is 24.0. The van der Waals surface area contributed by atoms with Gasteiger partial charge in [-0.2, -0.15) is 0 Å². The van der Waals surface area contributed by atoms with Crippen LogP contribution in [0.25, 0.3) is 0 Å². The second-order valence-electron chi connectivity index (χ2n) is 2.98. The van der Waals surface area contributed by atoms with Gasteiger partial charge in [0.25, 0.3) is 5.91 Å². The van der Waals surface area contributed by atoms with Gasteiger partial charge < -0.3 is 0 Å². The van der Waals surface area contributed by atoms with Crippen molar-refractivity contribution in [1.29, 1.82) is 0 Å². The number of nitrogens with zero attached hydrogens (tertiary/aromatic N) is 1. The van der Waals surface area contributed by atoms with Gasteiger partial charge in [-0.05, 0) is 12.1 Å². The molecule has 0 radical (unpaired) electrons. The highest BCUT2D eigenvalue weighted by Gasteiger charge is 2.15. The molecule has 0 heterocycles. The minimum atomic E-state index is -0.252. The van der Waals surface area contributed by atoms with E-state index in [0.29, 0.717) is 12.0 Å². The molecule has 0 saturated carbocycles. The summed E-state index contributed by atoms with van der Waals surface area (Å²) < 4.78 is 0. The number of benzene rings is 1. The van der Waals surface area contributed by atoms with Crippen LogP contribution in [0.1, 0.15) is 23.7 Å². The molecule has 0 aromatic heterocycles. The van der Waals surface area contributed by atoms with E-state index < -0.39 is 0 Å². The Labute approximate surface area is 83.3 Å². The van der Waals surface area contributed by atoms with Gasteiger partial charge in [0.1, 0.15) is 0 Å². The lowest BCUT2D eigenvalue weighted by atomic mass is 10.2. The number of hydrogen-bond acceptors (Lipinski definition) is 2. The molecule has 1 rings (SSSR count). The van der Waals surface area contributed by atoms with E-state index in [2.05, 4.69) is 0 Å². The lowest BCUT2D eigenvalue weighted by Gasteiger charge is -2.13. The van der Waals surface area contributed by atoms with Gasteiger partial charge in [-0.1, -0.05) is 25.1 Å². The van der Waals surface area contributed by atoms with Crippen LogP contribution in [0.3, 0.4) is 0 Å². The predicted octanol–water partition coefficient (Wildman–Crippen LogP) is 1.70. The fraction of sp³-hybridized carbons (Fsp3) is 0.273. The molecule has 1 aromatic rings. The van der Waals surface area contributed by atoms with Gasteiger partial charge in [0, 0.05) is 19.0 Å². The highest BCUT2D eigenvalue weighted by atomic mass is 16.2. The summed E-state index contributed by atoms with van der Waals surface area (Å²) in [5, 5.41) is 0. The lowest BCUT2D eigenvalue weighted by Crippen LogP contribution is -2.32. The molecule has 0 spiro atoms. The molecule has 1 aromatic carbocycles. The van der Waals surface area contributed by atoms with Crippen molar-refractivity contribution in [2.75, 3.05) is 7.05 Å². The third kappa shape index (κ3) is 2.19. The van der Waals surface area contributed by atoms with Gasteiger partial charge in [0.15, 0.2) is 0 Å². The van der Waals surface area contributed by atoms with E-state index in [9.17, 15) is 9.59 Å². The zero-order valence-corrected chi connectivity index (χ0v) is 8.36. The summed E-state index contributed by atoms with van der Waals surface area (Å²) >= 11 is 0. The van der Waals surface area contributed by atoms with E-state index in [0.717, 1.165) is 4.90 Å². The maximum Gasteiger partial charge on any atom is 0.260 e. The van der Waals surface area contributed by atoms with Crippen LogP contribution >= 0.6 is 0 Å². The minimum absolute atomic E-state index is 0.168. The molecular formula is C11H13NO2. The third-order valence-electron chi connectivity index (χ3n) is 2.00. The van der Waals surface area contributed by atoms with Crippen molar-refractivity contribution in [3.63, 3.8) is 0 Å². The van der Waals surface area contributed by atoms with Crippen LogP contribution in [0.5, 0.6) is 0 Å². The Balaban J connectivity index is 2.81. The molecule has 0 bridgehead atoms. The first-order valence-electron chi connectivity index (χ1n) is 4.52. The summed E-state index contributed by atoms with van der Waals surface area (Å²) in [5.74, 6) is -0.420. The summed E-state index contributed by atoms with van der Waals surface area (Å²) in [5.41, 5.74) is 0.539. The molecule has 0 aliphatic heterocycles. The molecule has 0 saturated heterocycles. The highest BCUT2D eigenvalue weighted by Crippen LogP contribution is 2.03. The van der Waals surface area contributed by atoms with E-state index in [1.165, 1.54) is 7.05 Å². The Morgan fingerprint density at radius 1 is 1.21 bits per heavy atom. The average molecular weight is 191 g/mol. The van der Waals surface area contributed by atoms with E-state index >= 15 is 0 Å². The minimum Gasteiger partial charge on any atom is -0.282 e. The Hall–Kier alpha value is -1.64. The van der Waals surface area contributed by atoms with E-state index in [1.807, 2.05) is 6.07 Å². The van der Waals surface area contributed by atoms with Crippen molar-refractivity contribution in [1.82, 2.24) is 4.90 Å². The predicted molar refractivity (Wildman–Crippen MR) is 53.8 cm³/mol. The van der Waals surface area contributed by atoms with Gasteiger partial charge in [0.2, 0.25) is 5.91 Å². The first-order chi connectivity index (χ1) is 6.66. The SMILES string of the molecule is CCC(=O)N(C)C(=O)c1ccccc1. The third-order valence-corrected chi connectivity index (χ3v) is 2.00. The second kappa shape index (κ2) is 4.56. The highest BCUT2D eigenvalue weighted by molar-refractivity contribution is 6.04. The van der Waals surface area contributed by atoms with Gasteiger partial charge >= 0.3 is 0 Å². The van der Waals surface area contributed by atoms with Gasteiger partial charge in [0.05, 0.1) is 0 Å². The smallest absolute Gasteiger partial charge is 0.260 e. The number of rotatable bonds is 2. The van der Waals surface area contributed by atoms with E-state index in [-0.39, 0.29) is 11.8 Å². The first kappa shape index (κ1) is 10.4. The molecule has 0 unspecified atom stereocenters. The quantitative estimate of drug-likeness (QED) is 0.713. The summed E-state index contributed by atoms with van der Waals surface area (Å²) in [6, 6.07) is 8.77. The van der Waals surface area contributed by atoms with Crippen LogP contribution in [-0.4, -0.2) is 23.8 Å². The molecule has 2 amide bonds. The fourth-order valence-corrected chi connectivity index (χ4v) is 1.12. The van der Waals surface area contributed by atoms with Crippen LogP contribution in [0.2, 0.25) is 0 Å². The Bertz CT molecular complexity index is 332. The van der Waals surface area contributed by atoms with Gasteiger partial charge in [-0.15, -0.1) is 0 Å². The van der Waals surface area contributed by atoms with E-state index in [4.69, 9.17) is 0 Å². The molecule has 3 nitrogen and oxygen atoms in total. The number of hydrogen-bond donors (Lipinski definition) is 0. The van der Waals surface area contributed by atoms with E-state index in [1.54, 1.807) is 31.2 Å². The van der Waals surface area contributed by atoms with Crippen molar-refractivity contribution in [2.45, 2.75) is 13.3 Å². The van der Waals surface area contributed by atoms with Gasteiger partial charge in [-0.3, -0.25) is 14.5 Å². The molecule has 14 heavy (non-hydrogen) atoms. The van der Waals surface area contributed by atoms with Crippen LogP contribution in [0, 0.1) is 0 Å². The van der Waals surface area contributed by atoms with Crippen LogP contribution in [-0.2, 0) is 4.79 Å². The van der Waals surface area contributed by atoms with Crippen molar-refractivity contribution in [2.24, 2.45) is 0 Å². The Kier molecular flexibility index (Phi) is 3.40. The number of carbonyl (C=O) groups is 2. The first-order valence-corrected chi connectivity index (χ1v) is 4.52. The number of amides is 2. The molecule has 3 heteroatoms. The molecule has 0 N–H and O–H groups in total. The topological polar surface area (TPSA) is 37.4 Å². The normalized spacial score (nSPS) is 9.57. The fourth-order valence-electron chi connectivity index (χ4n) is 1.12. The molecule has 0 aliphatic carbocycles. The van der Waals surface area contributed by atoms with Crippen molar-refractivity contribution in [3.05, 3.63) is 35.9 Å². The summed E-state index contributed by atoms with van der Waals surface area (Å²) in [7, 11) is 1.50. The maximum atomic E-state index is 11.7. The Morgan fingerprint density at radius 2 is 1.79 bits per heavy atom. The standard InChI is InChI=1S/C11H13NO2/c1-3-10(13)12(2)11(14)9-7-5-4-6-8-9/h4-8H,3H2,1-2H3. The zero-order valence-electron chi connectivity index (χ0n) is 8.36. The number of imide groups is 1. The van der Waals surface area contributed by atoms with Crippen molar-refractivity contribution < 1.29 is 9.59 Å². The monoisotopic (exact) mass is 191 g/mol. The summed E-state index contributed by atoms with van der Waals surface area (Å²) in [6.07, 6.45) is 0.342. The largest absolute Gasteiger partial charge is 0.282 e. The van der Waals surface area contributed by atoms with Crippen molar-refractivity contribution >= 4 is 11.8 Å². The molecule has 74 valence electrons. The number of carbonyl (C=O) groups excluding carboxylic acids is 2. The average Bonchev–Trinajstić information content (AvgIpc) is 2.27. The lowest BCUT2D eigenvalue weighted by molar-refractivity contribution is -0.127. The van der Waals surface area contributed by atoms with Crippen LogP contribution in [0.15, 0.2) is 30.3 Å². The summed E-state index contributed by atoms with van der Waals surface area (Å²) in [6.45, 7) is 1.73.